The van der Waals surface area contributed by atoms with Crippen molar-refractivity contribution in [3.63, 3.8) is 0 Å². The number of carbonyl (C=O) groups is 2. The fourth-order valence-corrected chi connectivity index (χ4v) is 4.36. The highest BCUT2D eigenvalue weighted by Crippen LogP contribution is 2.21. The highest BCUT2D eigenvalue weighted by molar-refractivity contribution is 7.14. The predicted molar refractivity (Wildman–Crippen MR) is 115 cm³/mol. The van der Waals surface area contributed by atoms with Gasteiger partial charge in [-0.05, 0) is 30.2 Å². The van der Waals surface area contributed by atoms with Crippen LogP contribution in [0.5, 0.6) is 0 Å². The van der Waals surface area contributed by atoms with Gasteiger partial charge in [0.1, 0.15) is 6.54 Å². The molecule has 0 N–H and O–H groups in total. The van der Waals surface area contributed by atoms with E-state index in [0.717, 1.165) is 10.6 Å². The Morgan fingerprint density at radius 3 is 2.77 bits per heavy atom. The molecule has 0 saturated carbocycles. The van der Waals surface area contributed by atoms with Crippen molar-refractivity contribution in [3.05, 3.63) is 52.0 Å². The zero-order chi connectivity index (χ0) is 21.5. The van der Waals surface area contributed by atoms with Crippen LogP contribution in [0.25, 0.3) is 0 Å². The smallest absolute Gasteiger partial charge is 0.264 e. The van der Waals surface area contributed by atoms with E-state index in [2.05, 4.69) is 18.8 Å². The number of carbonyl (C=O) groups excluding carboxylic acids is 2. The van der Waals surface area contributed by atoms with Crippen LogP contribution in [0, 0.1) is 5.92 Å². The van der Waals surface area contributed by atoms with Gasteiger partial charge in [0.15, 0.2) is 0 Å². The summed E-state index contributed by atoms with van der Waals surface area (Å²) in [6.45, 7) is 6.50. The van der Waals surface area contributed by atoms with Crippen LogP contribution in [0.3, 0.4) is 0 Å². The number of nitrogens with zero attached hydrogens (tertiary/aromatic N) is 3. The molecule has 0 spiro atoms. The van der Waals surface area contributed by atoms with E-state index < -0.39 is 0 Å². The van der Waals surface area contributed by atoms with E-state index in [4.69, 9.17) is 9.47 Å². The number of methoxy groups -OCH3 is 1. The second-order valence-corrected chi connectivity index (χ2v) is 9.00. The lowest BCUT2D eigenvalue weighted by atomic mass is 10.2. The SMILES string of the molecule is COCc1ccc(C(=O)N2CC(=O)N(CC(C)C)CC(OCc3ccccn3)C2)s1. The quantitative estimate of drug-likeness (QED) is 0.643. The summed E-state index contributed by atoms with van der Waals surface area (Å²) in [5, 5.41) is 0. The number of aromatic nitrogens is 1. The zero-order valence-electron chi connectivity index (χ0n) is 17.7. The molecule has 2 aromatic heterocycles. The second kappa shape index (κ2) is 10.7. The summed E-state index contributed by atoms with van der Waals surface area (Å²) in [6.07, 6.45) is 1.45. The van der Waals surface area contributed by atoms with Gasteiger partial charge in [0.2, 0.25) is 5.91 Å². The van der Waals surface area contributed by atoms with Crippen LogP contribution in [0.4, 0.5) is 0 Å². The molecule has 0 bridgehead atoms. The number of pyridine rings is 1. The van der Waals surface area contributed by atoms with Crippen molar-refractivity contribution >= 4 is 23.2 Å². The molecule has 2 aromatic rings. The van der Waals surface area contributed by atoms with Gasteiger partial charge in [-0.3, -0.25) is 14.6 Å². The molecule has 1 aliphatic rings. The molecule has 8 heteroatoms. The summed E-state index contributed by atoms with van der Waals surface area (Å²) in [6, 6.07) is 9.36. The Balaban J connectivity index is 1.74. The summed E-state index contributed by atoms with van der Waals surface area (Å²) in [5.41, 5.74) is 0.823. The molecule has 1 unspecified atom stereocenters. The third-order valence-electron chi connectivity index (χ3n) is 4.75. The summed E-state index contributed by atoms with van der Waals surface area (Å²) < 4.78 is 11.2. The fourth-order valence-electron chi connectivity index (χ4n) is 3.41. The lowest BCUT2D eigenvalue weighted by molar-refractivity contribution is -0.132. The van der Waals surface area contributed by atoms with Gasteiger partial charge >= 0.3 is 0 Å². The maximum Gasteiger partial charge on any atom is 0.264 e. The van der Waals surface area contributed by atoms with Gasteiger partial charge in [0.25, 0.3) is 5.91 Å². The first-order chi connectivity index (χ1) is 14.5. The Labute approximate surface area is 181 Å². The van der Waals surface area contributed by atoms with Crippen molar-refractivity contribution in [1.82, 2.24) is 14.8 Å². The molecular weight excluding hydrogens is 402 g/mol. The maximum absolute atomic E-state index is 13.1. The minimum absolute atomic E-state index is 0.0466. The van der Waals surface area contributed by atoms with Crippen LogP contribution in [0.15, 0.2) is 36.5 Å². The topological polar surface area (TPSA) is 72.0 Å². The summed E-state index contributed by atoms with van der Waals surface area (Å²) >= 11 is 1.40. The van der Waals surface area contributed by atoms with Gasteiger partial charge in [-0.15, -0.1) is 11.3 Å². The number of thiophene rings is 1. The Bertz CT molecular complexity index is 840. The van der Waals surface area contributed by atoms with E-state index in [1.807, 2.05) is 29.2 Å². The van der Waals surface area contributed by atoms with Gasteiger partial charge in [-0.2, -0.15) is 0 Å². The number of amides is 2. The summed E-state index contributed by atoms with van der Waals surface area (Å²) in [7, 11) is 1.63. The van der Waals surface area contributed by atoms with Crippen LogP contribution in [-0.2, 0) is 27.5 Å². The highest BCUT2D eigenvalue weighted by Gasteiger charge is 2.32. The molecule has 3 heterocycles. The molecule has 1 aliphatic heterocycles. The van der Waals surface area contributed by atoms with Crippen molar-refractivity contribution in [1.29, 1.82) is 0 Å². The van der Waals surface area contributed by atoms with Crippen LogP contribution >= 0.6 is 11.3 Å². The molecule has 1 saturated heterocycles. The Morgan fingerprint density at radius 2 is 2.07 bits per heavy atom. The molecule has 7 nitrogen and oxygen atoms in total. The van der Waals surface area contributed by atoms with E-state index in [9.17, 15) is 9.59 Å². The first-order valence-electron chi connectivity index (χ1n) is 10.1. The van der Waals surface area contributed by atoms with Gasteiger partial charge in [-0.25, -0.2) is 0 Å². The summed E-state index contributed by atoms with van der Waals surface area (Å²) in [4.78, 5) is 35.3. The molecule has 1 fully saturated rings. The molecule has 1 atom stereocenters. The van der Waals surface area contributed by atoms with E-state index in [-0.39, 0.29) is 24.5 Å². The highest BCUT2D eigenvalue weighted by atomic mass is 32.1. The molecule has 2 amide bonds. The van der Waals surface area contributed by atoms with Crippen molar-refractivity contribution in [3.8, 4) is 0 Å². The monoisotopic (exact) mass is 431 g/mol. The van der Waals surface area contributed by atoms with E-state index in [0.29, 0.717) is 43.6 Å². The maximum atomic E-state index is 13.1. The first kappa shape index (κ1) is 22.4. The third-order valence-corrected chi connectivity index (χ3v) is 5.80. The van der Waals surface area contributed by atoms with Crippen LogP contribution in [-0.4, -0.2) is 66.0 Å². The molecule has 0 aliphatic carbocycles. The van der Waals surface area contributed by atoms with E-state index in [1.54, 1.807) is 24.3 Å². The third kappa shape index (κ3) is 6.10. The number of rotatable bonds is 8. The number of hydrogen-bond acceptors (Lipinski definition) is 6. The largest absolute Gasteiger partial charge is 0.379 e. The van der Waals surface area contributed by atoms with E-state index in [1.165, 1.54) is 11.3 Å². The first-order valence-corrected chi connectivity index (χ1v) is 10.9. The molecule has 162 valence electrons. The predicted octanol–water partition coefficient (Wildman–Crippen LogP) is 2.82. The fraction of sp³-hybridized carbons (Fsp3) is 0.500. The Morgan fingerprint density at radius 1 is 1.23 bits per heavy atom. The zero-order valence-corrected chi connectivity index (χ0v) is 18.6. The lowest BCUT2D eigenvalue weighted by Crippen LogP contribution is -2.40. The minimum atomic E-state index is -0.278. The van der Waals surface area contributed by atoms with Crippen molar-refractivity contribution in [2.24, 2.45) is 5.92 Å². The number of hydrogen-bond donors (Lipinski definition) is 0. The Hall–Kier alpha value is -2.29. The van der Waals surface area contributed by atoms with Crippen molar-refractivity contribution in [2.75, 3.05) is 33.3 Å². The molecule has 3 rings (SSSR count). The van der Waals surface area contributed by atoms with Crippen molar-refractivity contribution in [2.45, 2.75) is 33.2 Å². The standard InChI is InChI=1S/C22H29N3O4S/c1-16(2)10-24-11-18(29-14-17-6-4-5-9-23-17)12-25(13-21(24)26)22(27)20-8-7-19(30-20)15-28-3/h4-9,16,18H,10-15H2,1-3H3. The van der Waals surface area contributed by atoms with Crippen molar-refractivity contribution < 1.29 is 19.1 Å². The average molecular weight is 432 g/mol. The second-order valence-electron chi connectivity index (χ2n) is 7.83. The van der Waals surface area contributed by atoms with Crippen LogP contribution < -0.4 is 0 Å². The molecule has 0 aromatic carbocycles. The molecule has 0 radical (unpaired) electrons. The van der Waals surface area contributed by atoms with E-state index >= 15 is 0 Å². The normalized spacial score (nSPS) is 17.5. The van der Waals surface area contributed by atoms with Gasteiger partial charge < -0.3 is 19.3 Å². The molecule has 30 heavy (non-hydrogen) atoms. The van der Waals surface area contributed by atoms with Gasteiger partial charge in [-0.1, -0.05) is 19.9 Å². The van der Waals surface area contributed by atoms with Gasteiger partial charge in [0, 0.05) is 37.8 Å². The molecular formula is C22H29N3O4S. The average Bonchev–Trinajstić information content (AvgIpc) is 3.13. The minimum Gasteiger partial charge on any atom is -0.379 e. The lowest BCUT2D eigenvalue weighted by Gasteiger charge is -2.25. The van der Waals surface area contributed by atoms with Crippen LogP contribution in [0.1, 0.15) is 34.1 Å². The number of ether oxygens (including phenoxy) is 2. The van der Waals surface area contributed by atoms with Crippen LogP contribution in [0.2, 0.25) is 0 Å². The summed E-state index contributed by atoms with van der Waals surface area (Å²) in [5.74, 6) is 0.143. The van der Waals surface area contributed by atoms with Gasteiger partial charge in [0.05, 0.1) is 29.9 Å². The Kier molecular flexibility index (Phi) is 7.95.